The molecule has 1 heterocycles. The largest absolute Gasteiger partial charge is 0.341 e. The molecule has 5 heteroatoms. The number of carbonyl (C=O) groups excluding carboxylic acids is 1. The third-order valence-electron chi connectivity index (χ3n) is 3.08. The van der Waals surface area contributed by atoms with Gasteiger partial charge in [-0.25, -0.2) is 4.98 Å². The lowest BCUT2D eigenvalue weighted by atomic mass is 9.96. The molecule has 0 bridgehead atoms. The number of hydrogen-bond acceptors (Lipinski definition) is 3. The fourth-order valence-corrected chi connectivity index (χ4v) is 1.93. The van der Waals surface area contributed by atoms with Crippen LogP contribution < -0.4 is 11.1 Å². The number of nitrogens with one attached hydrogen (secondary N) is 2. The van der Waals surface area contributed by atoms with Crippen molar-refractivity contribution in [2.75, 3.05) is 11.9 Å². The van der Waals surface area contributed by atoms with Crippen molar-refractivity contribution >= 4 is 22.6 Å². The third kappa shape index (κ3) is 3.36. The van der Waals surface area contributed by atoms with Crippen molar-refractivity contribution in [1.82, 2.24) is 9.97 Å². The second kappa shape index (κ2) is 5.63. The Morgan fingerprint density at radius 3 is 2.80 bits per heavy atom. The molecule has 0 aliphatic heterocycles. The van der Waals surface area contributed by atoms with Crippen molar-refractivity contribution in [1.29, 1.82) is 0 Å². The van der Waals surface area contributed by atoms with Gasteiger partial charge >= 0.3 is 0 Å². The third-order valence-corrected chi connectivity index (χ3v) is 3.08. The van der Waals surface area contributed by atoms with Crippen molar-refractivity contribution in [2.24, 2.45) is 5.73 Å². The number of imidazole rings is 1. The van der Waals surface area contributed by atoms with Crippen LogP contribution in [0.1, 0.15) is 39.4 Å². The van der Waals surface area contributed by atoms with Gasteiger partial charge in [0.15, 0.2) is 0 Å². The zero-order chi connectivity index (χ0) is 14.8. The van der Waals surface area contributed by atoms with E-state index in [2.05, 4.69) is 36.1 Å². The van der Waals surface area contributed by atoms with Gasteiger partial charge in [0, 0.05) is 17.5 Å². The van der Waals surface area contributed by atoms with E-state index in [0.29, 0.717) is 19.4 Å². The molecule has 2 aromatic rings. The molecule has 0 fully saturated rings. The Bertz CT molecular complexity index is 610. The average Bonchev–Trinajstić information content (AvgIpc) is 2.79. The molecule has 1 aromatic carbocycles. The van der Waals surface area contributed by atoms with Crippen LogP contribution in [0.25, 0.3) is 11.0 Å². The first-order valence-electron chi connectivity index (χ1n) is 6.90. The number of rotatable bonds is 4. The minimum atomic E-state index is -0.0242. The van der Waals surface area contributed by atoms with E-state index in [9.17, 15) is 4.79 Å². The number of benzene rings is 1. The molecule has 4 N–H and O–H groups in total. The van der Waals surface area contributed by atoms with Gasteiger partial charge in [0.2, 0.25) is 5.91 Å². The molecule has 0 aliphatic rings. The first kappa shape index (κ1) is 14.5. The van der Waals surface area contributed by atoms with Crippen LogP contribution in [-0.4, -0.2) is 22.4 Å². The molecular weight excluding hydrogens is 252 g/mol. The first-order valence-corrected chi connectivity index (χ1v) is 6.90. The summed E-state index contributed by atoms with van der Waals surface area (Å²) in [4.78, 5) is 19.6. The van der Waals surface area contributed by atoms with Crippen LogP contribution >= 0.6 is 0 Å². The number of amides is 1. The Morgan fingerprint density at radius 1 is 1.40 bits per heavy atom. The van der Waals surface area contributed by atoms with Crippen LogP contribution in [0.3, 0.4) is 0 Å². The van der Waals surface area contributed by atoms with Gasteiger partial charge in [-0.1, -0.05) is 20.8 Å². The molecule has 1 aromatic heterocycles. The molecule has 108 valence electrons. The number of nitrogens with two attached hydrogens (primary N) is 1. The summed E-state index contributed by atoms with van der Waals surface area (Å²) in [5, 5.41) is 2.87. The summed E-state index contributed by atoms with van der Waals surface area (Å²) in [6, 6.07) is 5.70. The summed E-state index contributed by atoms with van der Waals surface area (Å²) in [6.45, 7) is 6.86. The number of carbonyl (C=O) groups is 1. The van der Waals surface area contributed by atoms with Gasteiger partial charge in [-0.2, -0.15) is 0 Å². The van der Waals surface area contributed by atoms with Crippen molar-refractivity contribution in [3.63, 3.8) is 0 Å². The summed E-state index contributed by atoms with van der Waals surface area (Å²) < 4.78 is 0. The maximum Gasteiger partial charge on any atom is 0.224 e. The highest BCUT2D eigenvalue weighted by atomic mass is 16.1. The summed E-state index contributed by atoms with van der Waals surface area (Å²) >= 11 is 0. The normalized spacial score (nSPS) is 11.8. The van der Waals surface area contributed by atoms with Gasteiger partial charge in [0.1, 0.15) is 5.82 Å². The van der Waals surface area contributed by atoms with Gasteiger partial charge in [0.25, 0.3) is 0 Å². The number of fused-ring (bicyclic) bond motifs is 1. The van der Waals surface area contributed by atoms with Crippen molar-refractivity contribution in [2.45, 2.75) is 39.0 Å². The smallest absolute Gasteiger partial charge is 0.224 e. The van der Waals surface area contributed by atoms with Gasteiger partial charge in [-0.15, -0.1) is 0 Å². The monoisotopic (exact) mass is 274 g/mol. The van der Waals surface area contributed by atoms with Gasteiger partial charge in [0.05, 0.1) is 11.0 Å². The Labute approximate surface area is 119 Å². The lowest BCUT2D eigenvalue weighted by molar-refractivity contribution is -0.116. The van der Waals surface area contributed by atoms with E-state index in [4.69, 9.17) is 5.73 Å². The van der Waals surface area contributed by atoms with Crippen LogP contribution in [0.15, 0.2) is 18.2 Å². The van der Waals surface area contributed by atoms with Gasteiger partial charge in [-0.05, 0) is 31.2 Å². The Hall–Kier alpha value is -1.88. The second-order valence-electron chi connectivity index (χ2n) is 6.01. The molecular formula is C15H22N4O. The van der Waals surface area contributed by atoms with Gasteiger partial charge < -0.3 is 16.0 Å². The van der Waals surface area contributed by atoms with Crippen LogP contribution in [-0.2, 0) is 10.2 Å². The molecule has 2 rings (SSSR count). The van der Waals surface area contributed by atoms with E-state index in [1.54, 1.807) is 0 Å². The summed E-state index contributed by atoms with van der Waals surface area (Å²) in [7, 11) is 0. The number of aromatic amines is 1. The van der Waals surface area contributed by atoms with Crippen molar-refractivity contribution in [3.05, 3.63) is 24.0 Å². The number of anilines is 1. The van der Waals surface area contributed by atoms with Crippen LogP contribution in [0, 0.1) is 0 Å². The van der Waals surface area contributed by atoms with Crippen LogP contribution in [0.4, 0.5) is 5.69 Å². The SMILES string of the molecule is CC(C)(C)c1nc2ccc(NC(=O)CCCN)cc2[nH]1. The number of aromatic nitrogens is 2. The summed E-state index contributed by atoms with van der Waals surface area (Å²) in [5.41, 5.74) is 8.00. The predicted molar refractivity (Wildman–Crippen MR) is 81.7 cm³/mol. The molecule has 1 amide bonds. The zero-order valence-corrected chi connectivity index (χ0v) is 12.3. The molecule has 0 radical (unpaired) electrons. The number of H-pyrrole nitrogens is 1. The fraction of sp³-hybridized carbons (Fsp3) is 0.467. The summed E-state index contributed by atoms with van der Waals surface area (Å²) in [6.07, 6.45) is 1.15. The summed E-state index contributed by atoms with van der Waals surface area (Å²) in [5.74, 6) is 0.935. The molecule has 0 aliphatic carbocycles. The molecule has 0 atom stereocenters. The molecule has 0 saturated heterocycles. The van der Waals surface area contributed by atoms with Crippen molar-refractivity contribution in [3.8, 4) is 0 Å². The van der Waals surface area contributed by atoms with E-state index in [1.807, 2.05) is 18.2 Å². The molecule has 20 heavy (non-hydrogen) atoms. The minimum absolute atomic E-state index is 0.00893. The standard InChI is InChI=1S/C15H22N4O/c1-15(2,3)14-18-11-7-6-10(9-12(11)19-14)17-13(20)5-4-8-16/h6-7,9H,4-5,8,16H2,1-3H3,(H,17,20)(H,18,19). The maximum atomic E-state index is 11.7. The van der Waals surface area contributed by atoms with E-state index < -0.39 is 0 Å². The Balaban J connectivity index is 2.19. The molecule has 5 nitrogen and oxygen atoms in total. The van der Waals surface area contributed by atoms with E-state index in [0.717, 1.165) is 22.5 Å². The lowest BCUT2D eigenvalue weighted by Crippen LogP contribution is -2.13. The van der Waals surface area contributed by atoms with Gasteiger partial charge in [-0.3, -0.25) is 4.79 Å². The van der Waals surface area contributed by atoms with Crippen molar-refractivity contribution < 1.29 is 4.79 Å². The quantitative estimate of drug-likeness (QED) is 0.801. The number of nitrogens with zero attached hydrogens (tertiary/aromatic N) is 1. The lowest BCUT2D eigenvalue weighted by Gasteiger charge is -2.13. The van der Waals surface area contributed by atoms with E-state index in [1.165, 1.54) is 0 Å². The number of hydrogen-bond donors (Lipinski definition) is 3. The highest BCUT2D eigenvalue weighted by Gasteiger charge is 2.18. The Kier molecular flexibility index (Phi) is 4.09. The minimum Gasteiger partial charge on any atom is -0.341 e. The molecule has 0 saturated carbocycles. The average molecular weight is 274 g/mol. The highest BCUT2D eigenvalue weighted by Crippen LogP contribution is 2.24. The molecule has 0 spiro atoms. The highest BCUT2D eigenvalue weighted by molar-refractivity contribution is 5.93. The predicted octanol–water partition coefficient (Wildman–Crippen LogP) is 2.54. The first-order chi connectivity index (χ1) is 9.40. The van der Waals surface area contributed by atoms with Crippen LogP contribution in [0.5, 0.6) is 0 Å². The Morgan fingerprint density at radius 2 is 2.15 bits per heavy atom. The van der Waals surface area contributed by atoms with E-state index >= 15 is 0 Å². The van der Waals surface area contributed by atoms with E-state index in [-0.39, 0.29) is 11.3 Å². The second-order valence-corrected chi connectivity index (χ2v) is 6.01. The maximum absolute atomic E-state index is 11.7. The zero-order valence-electron chi connectivity index (χ0n) is 12.3. The van der Waals surface area contributed by atoms with Crippen LogP contribution in [0.2, 0.25) is 0 Å². The topological polar surface area (TPSA) is 83.8 Å². The fourth-order valence-electron chi connectivity index (χ4n) is 1.93. The molecule has 0 unspecified atom stereocenters.